The molecule has 2 aromatic rings. The number of amides is 1. The molecule has 0 saturated heterocycles. The molecule has 0 spiro atoms. The van der Waals surface area contributed by atoms with Crippen LogP contribution < -0.4 is 15.5 Å². The molecule has 1 aromatic carbocycles. The van der Waals surface area contributed by atoms with E-state index in [0.29, 0.717) is 6.61 Å². The summed E-state index contributed by atoms with van der Waals surface area (Å²) in [5.41, 5.74) is 3.91. The van der Waals surface area contributed by atoms with Crippen LogP contribution in [0.5, 0.6) is 0 Å². The molecule has 0 aliphatic carbocycles. The van der Waals surface area contributed by atoms with Crippen LogP contribution in [-0.4, -0.2) is 25.6 Å². The molecule has 1 unspecified atom stereocenters. The lowest BCUT2D eigenvalue weighted by atomic mass is 9.92. The predicted molar refractivity (Wildman–Crippen MR) is 101 cm³/mol. The second-order valence-corrected chi connectivity index (χ2v) is 8.58. The van der Waals surface area contributed by atoms with Gasteiger partial charge in [0.25, 0.3) is 5.91 Å². The Hall–Kier alpha value is -2.05. The van der Waals surface area contributed by atoms with E-state index in [-0.39, 0.29) is 17.7 Å². The van der Waals surface area contributed by atoms with Crippen LogP contribution in [-0.2, 0) is 17.8 Å². The number of nitrogens with zero attached hydrogens (tertiary/aromatic N) is 1. The summed E-state index contributed by atoms with van der Waals surface area (Å²) in [4.78, 5) is 16.0. The lowest BCUT2D eigenvalue weighted by molar-refractivity contribution is -0.0383. The van der Waals surface area contributed by atoms with Crippen LogP contribution in [0.1, 0.15) is 46.4 Å². The van der Waals surface area contributed by atoms with Gasteiger partial charge >= 0.3 is 0 Å². The number of nitrogens with one attached hydrogen (secondary N) is 2. The number of carbonyl (C=O) groups excluding carboxylic acids is 1. The SMILES string of the molecule is CN(C)c1ccc(C2NC(=O)c3c(sc4c3CC(C)(C)OC4)N2)cc1. The Morgan fingerprint density at radius 2 is 1.92 bits per heavy atom. The lowest BCUT2D eigenvalue weighted by Gasteiger charge is -2.31. The molecular formula is C19H23N3O2S. The van der Waals surface area contributed by atoms with Gasteiger partial charge in [-0.05, 0) is 37.1 Å². The van der Waals surface area contributed by atoms with Crippen LogP contribution in [0.3, 0.4) is 0 Å². The topological polar surface area (TPSA) is 53.6 Å². The quantitative estimate of drug-likeness (QED) is 0.863. The van der Waals surface area contributed by atoms with Gasteiger partial charge in [-0.1, -0.05) is 12.1 Å². The van der Waals surface area contributed by atoms with E-state index in [2.05, 4.69) is 53.6 Å². The van der Waals surface area contributed by atoms with Crippen LogP contribution in [0, 0.1) is 0 Å². The molecule has 5 nitrogen and oxygen atoms in total. The highest BCUT2D eigenvalue weighted by atomic mass is 32.1. The summed E-state index contributed by atoms with van der Waals surface area (Å²) in [6, 6.07) is 8.24. The molecule has 1 atom stereocenters. The van der Waals surface area contributed by atoms with E-state index in [1.807, 2.05) is 14.1 Å². The number of fused-ring (bicyclic) bond motifs is 3. The lowest BCUT2D eigenvalue weighted by Crippen LogP contribution is -2.39. The van der Waals surface area contributed by atoms with Crippen molar-refractivity contribution in [2.24, 2.45) is 0 Å². The van der Waals surface area contributed by atoms with E-state index < -0.39 is 0 Å². The third-order valence-corrected chi connectivity index (χ3v) is 5.94. The van der Waals surface area contributed by atoms with E-state index in [9.17, 15) is 4.79 Å². The average molecular weight is 357 g/mol. The van der Waals surface area contributed by atoms with E-state index in [0.717, 1.165) is 38.7 Å². The second-order valence-electron chi connectivity index (χ2n) is 7.47. The Morgan fingerprint density at radius 3 is 2.60 bits per heavy atom. The minimum atomic E-state index is -0.221. The van der Waals surface area contributed by atoms with Gasteiger partial charge < -0.3 is 20.3 Å². The van der Waals surface area contributed by atoms with Gasteiger partial charge in [-0.25, -0.2) is 0 Å². The summed E-state index contributed by atoms with van der Waals surface area (Å²) in [5.74, 6) is 0.00522. The van der Waals surface area contributed by atoms with E-state index >= 15 is 0 Å². The maximum atomic E-state index is 12.8. The number of carbonyl (C=O) groups is 1. The zero-order valence-electron chi connectivity index (χ0n) is 15.0. The summed E-state index contributed by atoms with van der Waals surface area (Å²) in [6.07, 6.45) is 0.566. The molecule has 2 aliphatic heterocycles. The third kappa shape index (κ3) is 2.89. The van der Waals surface area contributed by atoms with Crippen LogP contribution in [0.2, 0.25) is 0 Å². The van der Waals surface area contributed by atoms with Crippen molar-refractivity contribution in [3.05, 3.63) is 45.8 Å². The molecule has 132 valence electrons. The number of hydrogen-bond acceptors (Lipinski definition) is 5. The number of hydrogen-bond donors (Lipinski definition) is 2. The molecule has 4 rings (SSSR count). The minimum Gasteiger partial charge on any atom is -0.378 e. The van der Waals surface area contributed by atoms with Crippen molar-refractivity contribution in [3.63, 3.8) is 0 Å². The molecule has 0 bridgehead atoms. The maximum Gasteiger partial charge on any atom is 0.256 e. The van der Waals surface area contributed by atoms with Crippen molar-refractivity contribution >= 4 is 27.9 Å². The summed E-state index contributed by atoms with van der Waals surface area (Å²) in [7, 11) is 4.03. The summed E-state index contributed by atoms with van der Waals surface area (Å²) < 4.78 is 5.90. The van der Waals surface area contributed by atoms with Crippen LogP contribution in [0.15, 0.2) is 24.3 Å². The number of rotatable bonds is 2. The van der Waals surface area contributed by atoms with Crippen molar-refractivity contribution < 1.29 is 9.53 Å². The molecule has 1 aromatic heterocycles. The molecule has 2 aliphatic rings. The fourth-order valence-corrected chi connectivity index (χ4v) is 4.55. The standard InChI is InChI=1S/C19H23N3O2S/c1-19(2)9-13-14(10-24-19)25-18-15(13)17(23)20-16(21-18)11-5-7-12(8-6-11)22(3)4/h5-8,16,21H,9-10H2,1-4H3,(H,20,23). The Labute approximate surface area is 152 Å². The molecule has 2 N–H and O–H groups in total. The van der Waals surface area contributed by atoms with Crippen molar-refractivity contribution in [1.29, 1.82) is 0 Å². The van der Waals surface area contributed by atoms with Crippen molar-refractivity contribution in [2.45, 2.75) is 38.6 Å². The van der Waals surface area contributed by atoms with Gasteiger partial charge in [0.05, 0.1) is 17.8 Å². The molecule has 1 amide bonds. The Balaban J connectivity index is 1.64. The zero-order chi connectivity index (χ0) is 17.8. The van der Waals surface area contributed by atoms with E-state index in [1.165, 1.54) is 0 Å². The van der Waals surface area contributed by atoms with Crippen molar-refractivity contribution in [1.82, 2.24) is 5.32 Å². The minimum absolute atomic E-state index is 0.00522. The normalized spacial score (nSPS) is 21.0. The number of benzene rings is 1. The number of thiophene rings is 1. The summed E-state index contributed by atoms with van der Waals surface area (Å²) >= 11 is 1.64. The van der Waals surface area contributed by atoms with Crippen LogP contribution >= 0.6 is 11.3 Å². The Morgan fingerprint density at radius 1 is 1.20 bits per heavy atom. The summed E-state index contributed by atoms with van der Waals surface area (Å²) in [6.45, 7) is 4.73. The fourth-order valence-electron chi connectivity index (χ4n) is 3.40. The third-order valence-electron chi connectivity index (χ3n) is 4.81. The fraction of sp³-hybridized carbons (Fsp3) is 0.421. The smallest absolute Gasteiger partial charge is 0.256 e. The van der Waals surface area contributed by atoms with Gasteiger partial charge in [0.2, 0.25) is 0 Å². The molecule has 0 fully saturated rings. The van der Waals surface area contributed by atoms with Gasteiger partial charge in [-0.15, -0.1) is 11.3 Å². The number of ether oxygens (including phenoxy) is 1. The van der Waals surface area contributed by atoms with E-state index in [1.54, 1.807) is 11.3 Å². The Bertz CT molecular complexity index is 824. The van der Waals surface area contributed by atoms with Crippen LogP contribution in [0.4, 0.5) is 10.7 Å². The molecular weight excluding hydrogens is 334 g/mol. The monoisotopic (exact) mass is 357 g/mol. The molecule has 0 saturated carbocycles. The Kier molecular flexibility index (Phi) is 3.77. The maximum absolute atomic E-state index is 12.8. The largest absolute Gasteiger partial charge is 0.378 e. The molecule has 25 heavy (non-hydrogen) atoms. The second kappa shape index (κ2) is 5.75. The first-order valence-electron chi connectivity index (χ1n) is 8.47. The highest BCUT2D eigenvalue weighted by molar-refractivity contribution is 7.16. The van der Waals surface area contributed by atoms with Gasteiger partial charge in [0.15, 0.2) is 0 Å². The summed E-state index contributed by atoms with van der Waals surface area (Å²) in [5, 5.41) is 7.55. The van der Waals surface area contributed by atoms with Gasteiger partial charge in [0.1, 0.15) is 11.2 Å². The zero-order valence-corrected chi connectivity index (χ0v) is 15.8. The highest BCUT2D eigenvalue weighted by Crippen LogP contribution is 2.43. The van der Waals surface area contributed by atoms with Crippen molar-refractivity contribution in [2.75, 3.05) is 24.3 Å². The molecule has 0 radical (unpaired) electrons. The van der Waals surface area contributed by atoms with Gasteiger partial charge in [-0.2, -0.15) is 0 Å². The highest BCUT2D eigenvalue weighted by Gasteiger charge is 2.36. The van der Waals surface area contributed by atoms with Crippen LogP contribution in [0.25, 0.3) is 0 Å². The first-order valence-corrected chi connectivity index (χ1v) is 9.29. The van der Waals surface area contributed by atoms with Gasteiger partial charge in [0, 0.05) is 31.1 Å². The average Bonchev–Trinajstić information content (AvgIpc) is 2.91. The number of anilines is 2. The predicted octanol–water partition coefficient (Wildman–Crippen LogP) is 3.52. The molecule has 3 heterocycles. The van der Waals surface area contributed by atoms with Gasteiger partial charge in [-0.3, -0.25) is 4.79 Å². The van der Waals surface area contributed by atoms with Crippen molar-refractivity contribution in [3.8, 4) is 0 Å². The van der Waals surface area contributed by atoms with E-state index in [4.69, 9.17) is 4.74 Å². The first-order chi connectivity index (χ1) is 11.8. The first kappa shape index (κ1) is 16.4. The molecule has 6 heteroatoms.